The molecule has 0 radical (unpaired) electrons. The Bertz CT molecular complexity index is 891. The zero-order valence-corrected chi connectivity index (χ0v) is 15.3. The van der Waals surface area contributed by atoms with Crippen LogP contribution in [0.5, 0.6) is 11.5 Å². The van der Waals surface area contributed by atoms with Crippen molar-refractivity contribution in [2.75, 3.05) is 18.9 Å². The SMILES string of the molecule is COc1cc(OC)c(NS(=O)(=O)c2cc(C)c(C(=O)O)s2)cc1Cl. The van der Waals surface area contributed by atoms with Crippen molar-refractivity contribution in [1.29, 1.82) is 0 Å². The summed E-state index contributed by atoms with van der Waals surface area (Å²) in [7, 11) is -1.20. The Balaban J connectivity index is 2.44. The Hall–Kier alpha value is -1.97. The number of aromatic carboxylic acids is 1. The van der Waals surface area contributed by atoms with Crippen molar-refractivity contribution in [2.24, 2.45) is 0 Å². The summed E-state index contributed by atoms with van der Waals surface area (Å²) in [5, 5.41) is 9.25. The molecule has 0 atom stereocenters. The molecule has 0 aliphatic rings. The molecular weight excluding hydrogens is 378 g/mol. The van der Waals surface area contributed by atoms with Crippen LogP contribution >= 0.6 is 22.9 Å². The highest BCUT2D eigenvalue weighted by atomic mass is 35.5. The molecule has 7 nitrogen and oxygen atoms in total. The van der Waals surface area contributed by atoms with Gasteiger partial charge in [-0.2, -0.15) is 0 Å². The maximum Gasteiger partial charge on any atom is 0.346 e. The maximum atomic E-state index is 12.5. The minimum atomic E-state index is -3.99. The highest BCUT2D eigenvalue weighted by Gasteiger charge is 2.23. The fraction of sp³-hybridized carbons (Fsp3) is 0.214. The minimum Gasteiger partial charge on any atom is -0.495 e. The molecule has 1 aromatic heterocycles. The van der Waals surface area contributed by atoms with Crippen LogP contribution in [-0.4, -0.2) is 33.7 Å². The van der Waals surface area contributed by atoms with E-state index in [1.807, 2.05) is 0 Å². The number of carbonyl (C=O) groups is 1. The van der Waals surface area contributed by atoms with Gasteiger partial charge in [-0.1, -0.05) is 11.6 Å². The van der Waals surface area contributed by atoms with Crippen molar-refractivity contribution in [3.63, 3.8) is 0 Å². The number of nitrogens with one attached hydrogen (secondary N) is 1. The summed E-state index contributed by atoms with van der Waals surface area (Å²) in [6.07, 6.45) is 0. The fourth-order valence-electron chi connectivity index (χ4n) is 1.93. The number of benzene rings is 1. The van der Waals surface area contributed by atoms with Gasteiger partial charge in [-0.25, -0.2) is 13.2 Å². The molecular formula is C14H14ClNO6S2. The van der Waals surface area contributed by atoms with Gasteiger partial charge in [0.15, 0.2) is 0 Å². The van der Waals surface area contributed by atoms with E-state index in [-0.39, 0.29) is 25.5 Å². The number of carboxylic acid groups (broad SMARTS) is 1. The number of rotatable bonds is 6. The van der Waals surface area contributed by atoms with Gasteiger partial charge < -0.3 is 14.6 Å². The van der Waals surface area contributed by atoms with E-state index in [4.69, 9.17) is 26.2 Å². The molecule has 2 rings (SSSR count). The van der Waals surface area contributed by atoms with E-state index in [2.05, 4.69) is 4.72 Å². The smallest absolute Gasteiger partial charge is 0.346 e. The van der Waals surface area contributed by atoms with E-state index < -0.39 is 16.0 Å². The lowest BCUT2D eigenvalue weighted by Gasteiger charge is -2.13. The third-order valence-corrected chi connectivity index (χ3v) is 6.43. The number of methoxy groups -OCH3 is 2. The second-order valence-corrected chi connectivity index (χ2v) is 8.04. The summed E-state index contributed by atoms with van der Waals surface area (Å²) in [5.41, 5.74) is 0.485. The van der Waals surface area contributed by atoms with Gasteiger partial charge in [-0.05, 0) is 24.6 Å². The van der Waals surface area contributed by atoms with E-state index in [1.54, 1.807) is 0 Å². The maximum absolute atomic E-state index is 12.5. The van der Waals surface area contributed by atoms with Crippen LogP contribution < -0.4 is 14.2 Å². The van der Waals surface area contributed by atoms with Crippen LogP contribution in [0.3, 0.4) is 0 Å². The molecule has 0 saturated heterocycles. The standard InChI is InChI=1S/C14H14ClNO6S2/c1-7-4-12(23-13(7)14(17)18)24(19,20)16-9-5-8(15)10(21-2)6-11(9)22-3/h4-6,16H,1-3H3,(H,17,18). The van der Waals surface area contributed by atoms with Crippen molar-refractivity contribution in [1.82, 2.24) is 0 Å². The summed E-state index contributed by atoms with van der Waals surface area (Å²) >= 11 is 6.68. The Morgan fingerprint density at radius 3 is 2.33 bits per heavy atom. The number of halogens is 1. The predicted octanol–water partition coefficient (Wildman–Crippen LogP) is 3.23. The van der Waals surface area contributed by atoms with Crippen LogP contribution in [0.15, 0.2) is 22.4 Å². The van der Waals surface area contributed by atoms with Crippen LogP contribution in [0.25, 0.3) is 0 Å². The third kappa shape index (κ3) is 3.58. The predicted molar refractivity (Wildman–Crippen MR) is 91.4 cm³/mol. The molecule has 0 fully saturated rings. The molecule has 0 aliphatic heterocycles. The zero-order chi connectivity index (χ0) is 18.1. The van der Waals surface area contributed by atoms with Gasteiger partial charge in [0.25, 0.3) is 10.0 Å². The van der Waals surface area contributed by atoms with Gasteiger partial charge in [-0.3, -0.25) is 4.72 Å². The minimum absolute atomic E-state index is 0.0323. The lowest BCUT2D eigenvalue weighted by molar-refractivity contribution is 0.0701. The first-order valence-corrected chi connectivity index (χ1v) is 9.15. The summed E-state index contributed by atoms with van der Waals surface area (Å²) in [5.74, 6) is -0.632. The Morgan fingerprint density at radius 2 is 1.83 bits per heavy atom. The Labute approximate surface area is 147 Å². The van der Waals surface area contributed by atoms with Gasteiger partial charge >= 0.3 is 5.97 Å². The average molecular weight is 392 g/mol. The fourth-order valence-corrected chi connectivity index (χ4v) is 4.61. The van der Waals surface area contributed by atoms with Crippen molar-refractivity contribution in [2.45, 2.75) is 11.1 Å². The summed E-state index contributed by atoms with van der Waals surface area (Å²) in [4.78, 5) is 11.0. The quantitative estimate of drug-likeness (QED) is 0.783. The van der Waals surface area contributed by atoms with Crippen molar-refractivity contribution < 1.29 is 27.8 Å². The van der Waals surface area contributed by atoms with E-state index in [0.717, 1.165) is 0 Å². The van der Waals surface area contributed by atoms with Crippen LogP contribution in [0.4, 0.5) is 5.69 Å². The first-order valence-electron chi connectivity index (χ1n) is 6.47. The number of carboxylic acids is 1. The average Bonchev–Trinajstić information content (AvgIpc) is 2.90. The zero-order valence-electron chi connectivity index (χ0n) is 12.9. The molecule has 0 bridgehead atoms. The normalized spacial score (nSPS) is 11.2. The van der Waals surface area contributed by atoms with E-state index in [0.29, 0.717) is 22.6 Å². The number of hydrogen-bond donors (Lipinski definition) is 2. The number of thiophene rings is 1. The van der Waals surface area contributed by atoms with Crippen LogP contribution in [-0.2, 0) is 10.0 Å². The van der Waals surface area contributed by atoms with Crippen LogP contribution in [0.1, 0.15) is 15.2 Å². The summed E-state index contributed by atoms with van der Waals surface area (Å²) in [6, 6.07) is 4.10. The van der Waals surface area contributed by atoms with Crippen molar-refractivity contribution >= 4 is 44.6 Å². The number of aryl methyl sites for hydroxylation is 1. The molecule has 10 heteroatoms. The highest BCUT2D eigenvalue weighted by molar-refractivity contribution is 7.94. The molecule has 24 heavy (non-hydrogen) atoms. The molecule has 1 aromatic carbocycles. The second-order valence-electron chi connectivity index (χ2n) is 4.68. The first-order chi connectivity index (χ1) is 11.2. The molecule has 2 aromatic rings. The lowest BCUT2D eigenvalue weighted by atomic mass is 10.3. The van der Waals surface area contributed by atoms with E-state index in [9.17, 15) is 13.2 Å². The van der Waals surface area contributed by atoms with E-state index in [1.165, 1.54) is 39.3 Å². The highest BCUT2D eigenvalue weighted by Crippen LogP contribution is 2.37. The first kappa shape index (κ1) is 18.4. The van der Waals surface area contributed by atoms with Gasteiger partial charge in [0.1, 0.15) is 20.6 Å². The summed E-state index contributed by atoms with van der Waals surface area (Å²) in [6.45, 7) is 1.53. The van der Waals surface area contributed by atoms with Crippen LogP contribution in [0.2, 0.25) is 5.02 Å². The van der Waals surface area contributed by atoms with Crippen molar-refractivity contribution in [3.05, 3.63) is 33.7 Å². The molecule has 0 spiro atoms. The Morgan fingerprint density at radius 1 is 1.21 bits per heavy atom. The number of hydrogen-bond acceptors (Lipinski definition) is 6. The molecule has 0 aliphatic carbocycles. The third-order valence-electron chi connectivity index (χ3n) is 3.07. The monoisotopic (exact) mass is 391 g/mol. The molecule has 1 heterocycles. The van der Waals surface area contributed by atoms with Gasteiger partial charge in [0, 0.05) is 6.07 Å². The second kappa shape index (κ2) is 6.88. The number of anilines is 1. The van der Waals surface area contributed by atoms with E-state index >= 15 is 0 Å². The molecule has 0 unspecified atom stereocenters. The number of ether oxygens (including phenoxy) is 2. The molecule has 2 N–H and O–H groups in total. The van der Waals surface area contributed by atoms with Crippen LogP contribution in [0, 0.1) is 6.92 Å². The largest absolute Gasteiger partial charge is 0.495 e. The van der Waals surface area contributed by atoms with Gasteiger partial charge in [-0.15, -0.1) is 11.3 Å². The Kier molecular flexibility index (Phi) is 5.26. The van der Waals surface area contributed by atoms with Gasteiger partial charge in [0.2, 0.25) is 0 Å². The molecule has 0 saturated carbocycles. The topological polar surface area (TPSA) is 102 Å². The molecule has 0 amide bonds. The lowest BCUT2D eigenvalue weighted by Crippen LogP contribution is -2.12. The number of sulfonamides is 1. The summed E-state index contributed by atoms with van der Waals surface area (Å²) < 4.78 is 37.4. The van der Waals surface area contributed by atoms with Crippen molar-refractivity contribution in [3.8, 4) is 11.5 Å². The van der Waals surface area contributed by atoms with Gasteiger partial charge in [0.05, 0.1) is 24.9 Å². The molecule has 130 valence electrons.